The lowest BCUT2D eigenvalue weighted by molar-refractivity contribution is -0.136. The van der Waals surface area contributed by atoms with E-state index in [-0.39, 0.29) is 23.9 Å². The van der Waals surface area contributed by atoms with Gasteiger partial charge >= 0.3 is 0 Å². The van der Waals surface area contributed by atoms with Crippen molar-refractivity contribution in [2.24, 2.45) is 0 Å². The van der Waals surface area contributed by atoms with Gasteiger partial charge in [-0.15, -0.1) is 0 Å². The molecule has 0 saturated carbocycles. The topological polar surface area (TPSA) is 58.2 Å². The van der Waals surface area contributed by atoms with Crippen molar-refractivity contribution in [2.75, 3.05) is 24.0 Å². The Morgan fingerprint density at radius 1 is 0.938 bits per heavy atom. The Morgan fingerprint density at radius 3 is 1.62 bits per heavy atom. The van der Waals surface area contributed by atoms with Gasteiger partial charge < -0.3 is 10.6 Å². The molecule has 2 atom stereocenters. The summed E-state index contributed by atoms with van der Waals surface area (Å²) in [6.45, 7) is 0. The molecule has 0 spiro atoms. The van der Waals surface area contributed by atoms with Crippen LogP contribution in [0.2, 0.25) is 0 Å². The maximum absolute atomic E-state index is 11.7. The fourth-order valence-corrected chi connectivity index (χ4v) is 2.50. The van der Waals surface area contributed by atoms with Crippen LogP contribution >= 0.6 is 23.5 Å². The Morgan fingerprint density at radius 2 is 1.31 bits per heavy atom. The summed E-state index contributed by atoms with van der Waals surface area (Å²) in [5.74, 6) is 1.68. The van der Waals surface area contributed by atoms with Crippen molar-refractivity contribution in [2.45, 2.75) is 24.9 Å². The van der Waals surface area contributed by atoms with Crippen LogP contribution in [-0.2, 0) is 9.59 Å². The molecule has 6 heteroatoms. The summed E-state index contributed by atoms with van der Waals surface area (Å²) in [5.41, 5.74) is 0. The van der Waals surface area contributed by atoms with Gasteiger partial charge in [0.25, 0.3) is 0 Å². The highest BCUT2D eigenvalue weighted by molar-refractivity contribution is 7.98. The molecule has 92 valence electrons. The first-order chi connectivity index (χ1) is 7.69. The van der Waals surface area contributed by atoms with Gasteiger partial charge in [0.2, 0.25) is 11.8 Å². The highest BCUT2D eigenvalue weighted by atomic mass is 32.2. The van der Waals surface area contributed by atoms with E-state index in [9.17, 15) is 9.59 Å². The van der Waals surface area contributed by atoms with E-state index in [1.54, 1.807) is 23.5 Å². The van der Waals surface area contributed by atoms with Crippen LogP contribution in [-0.4, -0.2) is 47.9 Å². The third-order valence-corrected chi connectivity index (χ3v) is 3.78. The van der Waals surface area contributed by atoms with Gasteiger partial charge in [0.1, 0.15) is 12.1 Å². The SMILES string of the molecule is CSCCC1NC(=O)[C@@H](CCSC)NC1=O. The highest BCUT2D eigenvalue weighted by Crippen LogP contribution is 2.09. The third kappa shape index (κ3) is 3.90. The zero-order valence-corrected chi connectivity index (χ0v) is 11.2. The second-order valence-electron chi connectivity index (χ2n) is 3.69. The van der Waals surface area contributed by atoms with E-state index >= 15 is 0 Å². The summed E-state index contributed by atoms with van der Waals surface area (Å²) < 4.78 is 0. The molecule has 1 saturated heterocycles. The molecule has 0 bridgehead atoms. The summed E-state index contributed by atoms with van der Waals surface area (Å²) in [5, 5.41) is 5.57. The van der Waals surface area contributed by atoms with E-state index in [1.807, 2.05) is 12.5 Å². The lowest BCUT2D eigenvalue weighted by Gasteiger charge is -2.29. The van der Waals surface area contributed by atoms with Gasteiger partial charge in [-0.05, 0) is 36.9 Å². The van der Waals surface area contributed by atoms with E-state index in [1.165, 1.54) is 0 Å². The molecule has 0 aromatic heterocycles. The van der Waals surface area contributed by atoms with E-state index in [0.29, 0.717) is 12.8 Å². The Labute approximate surface area is 105 Å². The second-order valence-corrected chi connectivity index (χ2v) is 5.66. The number of hydrogen-bond donors (Lipinski definition) is 2. The average molecular weight is 262 g/mol. The molecule has 1 aliphatic rings. The maximum atomic E-state index is 11.7. The summed E-state index contributed by atoms with van der Waals surface area (Å²) in [4.78, 5) is 23.4. The van der Waals surface area contributed by atoms with E-state index in [0.717, 1.165) is 11.5 Å². The third-order valence-electron chi connectivity index (χ3n) is 2.49. The normalized spacial score (nSPS) is 25.1. The standard InChI is InChI=1S/C10H18N2O2S2/c1-15-5-3-7-9(13)12-8(4-6-16-2)10(14)11-7/h7-8H,3-6H2,1-2H3,(H,11,14)(H,12,13)/t7-,8?/m1/s1. The largest absolute Gasteiger partial charge is 0.342 e. The van der Waals surface area contributed by atoms with Crippen LogP contribution in [0.4, 0.5) is 0 Å². The fourth-order valence-electron chi connectivity index (χ4n) is 1.55. The van der Waals surface area contributed by atoms with Crippen molar-refractivity contribution in [1.29, 1.82) is 0 Å². The molecular weight excluding hydrogens is 244 g/mol. The van der Waals surface area contributed by atoms with Crippen LogP contribution in [0.5, 0.6) is 0 Å². The maximum Gasteiger partial charge on any atom is 0.243 e. The fraction of sp³-hybridized carbons (Fsp3) is 0.800. The number of carbonyl (C=O) groups is 2. The summed E-state index contributed by atoms with van der Waals surface area (Å²) in [6, 6.07) is -0.684. The van der Waals surface area contributed by atoms with E-state index < -0.39 is 0 Å². The molecule has 1 unspecified atom stereocenters. The minimum absolute atomic E-state index is 0.0419. The monoisotopic (exact) mass is 262 g/mol. The van der Waals surface area contributed by atoms with Gasteiger partial charge in [0.05, 0.1) is 0 Å². The number of piperazine rings is 1. The van der Waals surface area contributed by atoms with Crippen molar-refractivity contribution < 1.29 is 9.59 Å². The van der Waals surface area contributed by atoms with E-state index in [2.05, 4.69) is 10.6 Å². The molecule has 4 nitrogen and oxygen atoms in total. The first-order valence-corrected chi connectivity index (χ1v) is 8.06. The van der Waals surface area contributed by atoms with Crippen LogP contribution in [0.15, 0.2) is 0 Å². The lowest BCUT2D eigenvalue weighted by atomic mass is 10.1. The molecule has 1 rings (SSSR count). The molecular formula is C10H18N2O2S2. The molecule has 2 amide bonds. The predicted octanol–water partition coefficient (Wildman–Crippen LogP) is 0.476. The van der Waals surface area contributed by atoms with Crippen molar-refractivity contribution in [3.8, 4) is 0 Å². The Kier molecular flexibility index (Phi) is 6.05. The van der Waals surface area contributed by atoms with Crippen molar-refractivity contribution in [3.05, 3.63) is 0 Å². The molecule has 1 aliphatic heterocycles. The smallest absolute Gasteiger partial charge is 0.243 e. The van der Waals surface area contributed by atoms with Gasteiger partial charge in [-0.3, -0.25) is 9.59 Å². The Hall–Kier alpha value is -0.360. The lowest BCUT2D eigenvalue weighted by Crippen LogP contribution is -2.61. The summed E-state index contributed by atoms with van der Waals surface area (Å²) in [6.07, 6.45) is 5.38. The second kappa shape index (κ2) is 7.06. The predicted molar refractivity (Wildman–Crippen MR) is 69.9 cm³/mol. The van der Waals surface area contributed by atoms with Gasteiger partial charge in [0.15, 0.2) is 0 Å². The number of hydrogen-bond acceptors (Lipinski definition) is 4. The van der Waals surface area contributed by atoms with Crippen LogP contribution in [0, 0.1) is 0 Å². The first kappa shape index (κ1) is 13.7. The molecule has 16 heavy (non-hydrogen) atoms. The van der Waals surface area contributed by atoms with Crippen molar-refractivity contribution in [1.82, 2.24) is 10.6 Å². The van der Waals surface area contributed by atoms with Crippen LogP contribution in [0.1, 0.15) is 12.8 Å². The first-order valence-electron chi connectivity index (χ1n) is 5.27. The number of carbonyl (C=O) groups excluding carboxylic acids is 2. The number of thioether (sulfide) groups is 2. The zero-order chi connectivity index (χ0) is 12.0. The molecule has 0 aromatic carbocycles. The molecule has 1 fully saturated rings. The summed E-state index contributed by atoms with van der Waals surface area (Å²) >= 11 is 3.36. The quantitative estimate of drug-likeness (QED) is 0.731. The van der Waals surface area contributed by atoms with Crippen molar-refractivity contribution >= 4 is 35.3 Å². The minimum Gasteiger partial charge on any atom is -0.342 e. The molecule has 0 radical (unpaired) electrons. The van der Waals surface area contributed by atoms with Gasteiger partial charge in [-0.25, -0.2) is 0 Å². The van der Waals surface area contributed by atoms with Crippen molar-refractivity contribution in [3.63, 3.8) is 0 Å². The number of nitrogens with one attached hydrogen (secondary N) is 2. The highest BCUT2D eigenvalue weighted by Gasteiger charge is 2.32. The number of rotatable bonds is 6. The van der Waals surface area contributed by atoms with Crippen LogP contribution in [0.25, 0.3) is 0 Å². The van der Waals surface area contributed by atoms with Gasteiger partial charge in [0, 0.05) is 0 Å². The average Bonchev–Trinajstić information content (AvgIpc) is 2.28. The van der Waals surface area contributed by atoms with E-state index in [4.69, 9.17) is 0 Å². The summed E-state index contributed by atoms with van der Waals surface area (Å²) in [7, 11) is 0. The van der Waals surface area contributed by atoms with Crippen LogP contribution < -0.4 is 10.6 Å². The van der Waals surface area contributed by atoms with Gasteiger partial charge in [-0.1, -0.05) is 0 Å². The molecule has 0 aromatic rings. The molecule has 1 heterocycles. The molecule has 0 aliphatic carbocycles. The van der Waals surface area contributed by atoms with Crippen LogP contribution in [0.3, 0.4) is 0 Å². The zero-order valence-electron chi connectivity index (χ0n) is 9.62. The minimum atomic E-state index is -0.342. The Bertz CT molecular complexity index is 235. The Balaban J connectivity index is 2.43. The van der Waals surface area contributed by atoms with Gasteiger partial charge in [-0.2, -0.15) is 23.5 Å². The number of amides is 2. The molecule has 2 N–H and O–H groups in total.